The molecule has 28 heteroatoms. The molecule has 4 fully saturated rings. The molecule has 0 saturated carbocycles. The second kappa shape index (κ2) is 22.4. The SMILES string of the molecule is C=C1O[C@@H](N2C=CC(=O)CC2=O)[C@](C)(F)[C@@H]1O.C[C@@]1(F)[C@H](O)[C@@H](CI)O[C@H]1N1C=CC(=O)CC1=O.C[C@@]1(F)[C@H](O)[C@@H](CO)O[C@H]1N1C=CC(=O)CC1=O.C[C@]1(F)[C@H](N2C=CC(=O)CC2=O)O[C@](F)(CI)[C@H]1O. The molecule has 0 aromatic heterocycles. The number of hydrogen-bond donors (Lipinski definition) is 5. The molecule has 8 aliphatic rings. The first-order valence-electron chi connectivity index (χ1n) is 21.6. The van der Waals surface area contributed by atoms with Gasteiger partial charge in [-0.1, -0.05) is 51.8 Å². The minimum absolute atomic E-state index is 0.127. The van der Waals surface area contributed by atoms with Crippen molar-refractivity contribution in [1.29, 1.82) is 0 Å². The van der Waals surface area contributed by atoms with Crippen LogP contribution in [0.5, 0.6) is 0 Å². The second-order valence-corrected chi connectivity index (χ2v) is 19.7. The van der Waals surface area contributed by atoms with Gasteiger partial charge in [-0.05, 0) is 52.0 Å². The van der Waals surface area contributed by atoms with E-state index < -0.39 is 133 Å². The first-order valence-corrected chi connectivity index (χ1v) is 24.7. The molecule has 8 heterocycles. The summed E-state index contributed by atoms with van der Waals surface area (Å²) in [4.78, 5) is 94.5. The topological polar surface area (TPSA) is 288 Å². The van der Waals surface area contributed by atoms with Gasteiger partial charge in [0, 0.05) is 29.2 Å². The molecule has 0 unspecified atom stereocenters. The Bertz CT molecular complexity index is 2260. The summed E-state index contributed by atoms with van der Waals surface area (Å²) in [6.07, 6.45) is -5.69. The van der Waals surface area contributed by atoms with Gasteiger partial charge in [-0.15, -0.1) is 0 Å². The van der Waals surface area contributed by atoms with E-state index in [4.69, 9.17) is 24.1 Å². The molecule has 0 bridgehead atoms. The van der Waals surface area contributed by atoms with Crippen molar-refractivity contribution in [3.8, 4) is 0 Å². The van der Waals surface area contributed by atoms with Gasteiger partial charge in [-0.3, -0.25) is 58.0 Å². The van der Waals surface area contributed by atoms with E-state index in [-0.39, 0.29) is 46.8 Å². The summed E-state index contributed by atoms with van der Waals surface area (Å²) in [6.45, 7) is 7.20. The lowest BCUT2D eigenvalue weighted by Gasteiger charge is -2.33. The molecule has 4 saturated heterocycles. The van der Waals surface area contributed by atoms with Gasteiger partial charge < -0.3 is 44.5 Å². The second-order valence-electron chi connectivity index (χ2n) is 18.1. The minimum Gasteiger partial charge on any atom is -0.469 e. The Morgan fingerprint density at radius 1 is 0.569 bits per heavy atom. The van der Waals surface area contributed by atoms with Gasteiger partial charge in [0.15, 0.2) is 70.6 Å². The molecule has 8 rings (SSSR count). The fourth-order valence-electron chi connectivity index (χ4n) is 8.18. The third-order valence-electron chi connectivity index (χ3n) is 12.4. The molecule has 0 radical (unpaired) electrons. The number of ether oxygens (including phenoxy) is 4. The number of allylic oxidation sites excluding steroid dienone is 4. The van der Waals surface area contributed by atoms with Crippen molar-refractivity contribution < 1.29 is 105 Å². The number of hydrogen-bond acceptors (Lipinski definition) is 17. The van der Waals surface area contributed by atoms with Crippen LogP contribution in [0.1, 0.15) is 53.4 Å². The van der Waals surface area contributed by atoms with E-state index in [2.05, 4.69) is 6.58 Å². The Balaban J connectivity index is 0.000000178. The summed E-state index contributed by atoms with van der Waals surface area (Å²) >= 11 is 3.61. The summed E-state index contributed by atoms with van der Waals surface area (Å²) in [5, 5.41) is 47.7. The van der Waals surface area contributed by atoms with Crippen molar-refractivity contribution in [1.82, 2.24) is 19.6 Å². The van der Waals surface area contributed by atoms with Crippen LogP contribution < -0.4 is 0 Å². The van der Waals surface area contributed by atoms with Crippen molar-refractivity contribution in [3.63, 3.8) is 0 Å². The van der Waals surface area contributed by atoms with Crippen molar-refractivity contribution in [2.45, 2.75) is 143 Å². The Hall–Kier alpha value is -4.15. The highest BCUT2D eigenvalue weighted by molar-refractivity contribution is 14.1. The predicted molar refractivity (Wildman–Crippen MR) is 249 cm³/mol. The van der Waals surface area contributed by atoms with Crippen molar-refractivity contribution in [3.05, 3.63) is 61.4 Å². The number of ketones is 4. The zero-order chi connectivity index (χ0) is 54.2. The molecule has 0 aliphatic carbocycles. The van der Waals surface area contributed by atoms with Crippen LogP contribution in [0.25, 0.3) is 0 Å². The number of rotatable bonds is 7. The maximum atomic E-state index is 14.5. The molecule has 8 aliphatic heterocycles. The Labute approximate surface area is 434 Å². The standard InChI is InChI=1S/C11H12F2INO4.C11H13FINO4.C11H14FNO5.C11H12FNO4/c1-10(12)8(18)11(13,5-14)19-9(10)15-3-2-6(16)4-7(15)17;1-11(12)9(17)7(5-13)18-10(11)14-3-2-6(15)4-8(14)16;1-11(12)9(17)7(5-14)18-10(11)13-3-2-6(15)4-8(13)16;1-6-9(16)11(2,12)10(17-6)13-4-3-7(14)5-8(13)15/h2-3,8-9,18H,4-5H2,1H3;2-3,7,9-10,17H,4-5H2,1H3;2-3,7,9-10,14,17H,4-5H2,1H3;3-4,9-10,16H,1,5H2,2H3/t8-,9+,10+,11+;2*7-,9-,10-,11-;9-,10-,11-/m0111/s1. The fourth-order valence-corrected chi connectivity index (χ4v) is 9.47. The summed E-state index contributed by atoms with van der Waals surface area (Å²) < 4.78 is 92.4. The molecule has 21 nitrogen and oxygen atoms in total. The van der Waals surface area contributed by atoms with Gasteiger partial charge in [0.05, 0.1) is 42.8 Å². The lowest BCUT2D eigenvalue weighted by Crippen LogP contribution is -2.51. The summed E-state index contributed by atoms with van der Waals surface area (Å²) in [5.41, 5.74) is -8.90. The number of nitrogens with zero attached hydrogens (tertiary/aromatic N) is 4. The van der Waals surface area contributed by atoms with E-state index in [1.807, 2.05) is 22.6 Å². The Kier molecular flexibility index (Phi) is 18.2. The lowest BCUT2D eigenvalue weighted by molar-refractivity contribution is -0.182. The van der Waals surface area contributed by atoms with Gasteiger partial charge in [0.2, 0.25) is 35.7 Å². The van der Waals surface area contributed by atoms with Gasteiger partial charge in [0.1, 0.15) is 30.2 Å². The van der Waals surface area contributed by atoms with Crippen LogP contribution in [0, 0.1) is 0 Å². The van der Waals surface area contributed by atoms with Gasteiger partial charge >= 0.3 is 0 Å². The van der Waals surface area contributed by atoms with E-state index in [1.165, 1.54) is 31.5 Å². The summed E-state index contributed by atoms with van der Waals surface area (Å²) in [5.74, 6) is -6.50. The van der Waals surface area contributed by atoms with Gasteiger partial charge in [-0.2, -0.15) is 0 Å². The van der Waals surface area contributed by atoms with Crippen LogP contribution in [-0.2, 0) is 57.3 Å². The summed E-state index contributed by atoms with van der Waals surface area (Å²) in [6, 6.07) is 0. The number of carbonyl (C=O) groups excluding carboxylic acids is 8. The number of aliphatic hydroxyl groups excluding tert-OH is 5. The quantitative estimate of drug-likeness (QED) is 0.102. The number of carbonyl (C=O) groups is 8. The first kappa shape index (κ1) is 58.7. The van der Waals surface area contributed by atoms with E-state index in [0.29, 0.717) is 4.43 Å². The Morgan fingerprint density at radius 2 is 0.917 bits per heavy atom. The zero-order valence-corrected chi connectivity index (χ0v) is 42.9. The molecular weight excluding hydrogens is 1210 g/mol. The largest absolute Gasteiger partial charge is 0.469 e. The molecule has 398 valence electrons. The predicted octanol–water partition coefficient (Wildman–Crippen LogP) is 0.767. The van der Waals surface area contributed by atoms with Crippen LogP contribution >= 0.6 is 45.2 Å². The number of amides is 4. The monoisotopic (exact) mass is 1260 g/mol. The molecule has 0 aromatic carbocycles. The van der Waals surface area contributed by atoms with E-state index in [0.717, 1.165) is 64.9 Å². The van der Waals surface area contributed by atoms with E-state index in [1.54, 1.807) is 22.6 Å². The number of halogens is 7. The molecule has 4 amide bonds. The van der Waals surface area contributed by atoms with Crippen LogP contribution in [0.3, 0.4) is 0 Å². The van der Waals surface area contributed by atoms with E-state index >= 15 is 0 Å². The number of aliphatic hydroxyl groups is 5. The number of alkyl halides is 7. The molecule has 72 heavy (non-hydrogen) atoms. The average molecular weight is 1260 g/mol. The molecule has 5 N–H and O–H groups in total. The highest BCUT2D eigenvalue weighted by Crippen LogP contribution is 2.45. The van der Waals surface area contributed by atoms with Crippen molar-refractivity contribution in [2.75, 3.05) is 15.5 Å². The lowest BCUT2D eigenvalue weighted by atomic mass is 9.96. The highest BCUT2D eigenvalue weighted by Gasteiger charge is 2.65. The van der Waals surface area contributed by atoms with Crippen LogP contribution in [-0.4, -0.2) is 197 Å². The normalized spacial score (nSPS) is 40.6. The molecule has 15 atom stereocenters. The zero-order valence-electron chi connectivity index (χ0n) is 38.6. The van der Waals surface area contributed by atoms with Gasteiger partial charge in [0.25, 0.3) is 0 Å². The fraction of sp³-hybridized carbons (Fsp3) is 0.591. The minimum atomic E-state index is -2.57. The average Bonchev–Trinajstić information content (AvgIpc) is 3.83. The van der Waals surface area contributed by atoms with Crippen LogP contribution in [0.4, 0.5) is 22.0 Å². The molecule has 0 aromatic rings. The van der Waals surface area contributed by atoms with E-state index in [9.17, 15) is 80.7 Å². The molecular formula is C44H51F5I2N4O17. The first-order chi connectivity index (χ1) is 33.3. The highest BCUT2D eigenvalue weighted by atomic mass is 127. The maximum Gasteiger partial charge on any atom is 0.249 e. The van der Waals surface area contributed by atoms with Crippen LogP contribution in [0.15, 0.2) is 61.4 Å². The smallest absolute Gasteiger partial charge is 0.249 e. The third-order valence-corrected chi connectivity index (χ3v) is 14.3. The Morgan fingerprint density at radius 3 is 1.19 bits per heavy atom. The molecule has 0 spiro atoms. The van der Waals surface area contributed by atoms with Crippen molar-refractivity contribution >= 4 is 91.9 Å². The summed E-state index contributed by atoms with van der Waals surface area (Å²) in [7, 11) is 0. The van der Waals surface area contributed by atoms with Gasteiger partial charge in [-0.25, -0.2) is 22.0 Å². The van der Waals surface area contributed by atoms with Crippen molar-refractivity contribution in [2.24, 2.45) is 0 Å². The maximum absolute atomic E-state index is 14.5. The third kappa shape index (κ3) is 11.7. The van der Waals surface area contributed by atoms with Crippen LogP contribution in [0.2, 0.25) is 0 Å².